The predicted octanol–water partition coefficient (Wildman–Crippen LogP) is 3.39. The van der Waals surface area contributed by atoms with Crippen LogP contribution in [0.4, 0.5) is 0 Å². The lowest BCUT2D eigenvalue weighted by Gasteiger charge is -2.22. The Morgan fingerprint density at radius 2 is 1.88 bits per heavy atom. The third-order valence-corrected chi connectivity index (χ3v) is 5.89. The van der Waals surface area contributed by atoms with Crippen LogP contribution in [-0.2, 0) is 34.0 Å². The number of amides is 1. The maximum absolute atomic E-state index is 11.9. The molecule has 1 amide bonds. The first kappa shape index (κ1) is 26.6. The number of benzene rings is 1. The highest BCUT2D eigenvalue weighted by Gasteiger charge is 2.14. The van der Waals surface area contributed by atoms with Gasteiger partial charge in [0, 0.05) is 32.2 Å². The number of hydrogen-bond acceptors (Lipinski definition) is 5. The van der Waals surface area contributed by atoms with E-state index in [1.54, 1.807) is 30.3 Å². The molecule has 0 atom stereocenters. The molecule has 3 rings (SSSR count). The summed E-state index contributed by atoms with van der Waals surface area (Å²) in [6, 6.07) is 12.4. The summed E-state index contributed by atoms with van der Waals surface area (Å²) >= 11 is 1.69. The van der Waals surface area contributed by atoms with Crippen molar-refractivity contribution in [2.45, 2.75) is 38.6 Å². The zero-order chi connectivity index (χ0) is 21.9. The van der Waals surface area contributed by atoms with Crippen molar-refractivity contribution in [2.75, 3.05) is 33.9 Å². The minimum absolute atomic E-state index is 0. The standard InChI is InChI=1S/C23H32N4O3S.HI/c1-27(2)22(28)16-26-23(25-15-21-4-3-13-31-21)24-14-18-5-7-19(8-6-18)17-30-20-9-11-29-12-10-20;/h3-8,13,20H,9-12,14-17H2,1-2H3,(H2,24,25,26);1H. The van der Waals surface area contributed by atoms with Crippen molar-refractivity contribution < 1.29 is 14.3 Å². The molecule has 1 aromatic heterocycles. The van der Waals surface area contributed by atoms with Crippen molar-refractivity contribution in [2.24, 2.45) is 4.99 Å². The van der Waals surface area contributed by atoms with Gasteiger partial charge in [0.2, 0.25) is 5.91 Å². The number of ether oxygens (including phenoxy) is 2. The highest BCUT2D eigenvalue weighted by Crippen LogP contribution is 2.14. The van der Waals surface area contributed by atoms with Gasteiger partial charge in [-0.2, -0.15) is 0 Å². The summed E-state index contributed by atoms with van der Waals surface area (Å²) < 4.78 is 11.4. The molecule has 1 fully saturated rings. The molecule has 2 N–H and O–H groups in total. The molecule has 0 radical (unpaired) electrons. The Balaban J connectivity index is 0.00000363. The number of hydrogen-bond donors (Lipinski definition) is 2. The first-order valence-electron chi connectivity index (χ1n) is 10.6. The van der Waals surface area contributed by atoms with E-state index in [1.165, 1.54) is 4.88 Å². The van der Waals surface area contributed by atoms with E-state index in [9.17, 15) is 4.79 Å². The largest absolute Gasteiger partial charge is 0.381 e. The zero-order valence-corrected chi connectivity index (χ0v) is 21.9. The molecule has 1 aliphatic heterocycles. The molecule has 7 nitrogen and oxygen atoms in total. The minimum Gasteiger partial charge on any atom is -0.381 e. The van der Waals surface area contributed by atoms with Gasteiger partial charge < -0.3 is 25.0 Å². The van der Waals surface area contributed by atoms with Crippen LogP contribution in [0.1, 0.15) is 28.8 Å². The summed E-state index contributed by atoms with van der Waals surface area (Å²) in [5.41, 5.74) is 2.26. The molecule has 0 unspecified atom stereocenters. The molecular formula is C23H33IN4O3S. The summed E-state index contributed by atoms with van der Waals surface area (Å²) in [5, 5.41) is 8.47. The lowest BCUT2D eigenvalue weighted by Crippen LogP contribution is -2.42. The van der Waals surface area contributed by atoms with Crippen LogP contribution in [-0.4, -0.2) is 56.7 Å². The number of thiophene rings is 1. The normalized spacial score (nSPS) is 14.5. The van der Waals surface area contributed by atoms with Crippen LogP contribution >= 0.6 is 35.3 Å². The second-order valence-corrected chi connectivity index (χ2v) is 8.71. The Morgan fingerprint density at radius 3 is 2.53 bits per heavy atom. The van der Waals surface area contributed by atoms with E-state index in [1.807, 2.05) is 11.4 Å². The molecule has 0 spiro atoms. The number of halogens is 1. The van der Waals surface area contributed by atoms with Crippen molar-refractivity contribution in [3.8, 4) is 0 Å². The average molecular weight is 573 g/mol. The topological polar surface area (TPSA) is 75.2 Å². The van der Waals surface area contributed by atoms with Crippen LogP contribution in [0.3, 0.4) is 0 Å². The Labute approximate surface area is 211 Å². The van der Waals surface area contributed by atoms with Crippen LogP contribution in [0, 0.1) is 0 Å². The predicted molar refractivity (Wildman–Crippen MR) is 139 cm³/mol. The molecule has 2 heterocycles. The molecule has 0 bridgehead atoms. The number of guanidine groups is 1. The second-order valence-electron chi connectivity index (χ2n) is 7.68. The van der Waals surface area contributed by atoms with E-state index < -0.39 is 0 Å². The zero-order valence-electron chi connectivity index (χ0n) is 18.7. The van der Waals surface area contributed by atoms with E-state index in [-0.39, 0.29) is 36.4 Å². The molecule has 1 aromatic carbocycles. The molecule has 1 aliphatic rings. The fourth-order valence-corrected chi connectivity index (χ4v) is 3.69. The second kappa shape index (κ2) is 14.5. The monoisotopic (exact) mass is 572 g/mol. The fraction of sp³-hybridized carbons (Fsp3) is 0.478. The molecule has 0 saturated carbocycles. The number of rotatable bonds is 9. The molecule has 32 heavy (non-hydrogen) atoms. The van der Waals surface area contributed by atoms with Gasteiger partial charge in [-0.25, -0.2) is 4.99 Å². The van der Waals surface area contributed by atoms with E-state index in [4.69, 9.17) is 9.47 Å². The highest BCUT2D eigenvalue weighted by atomic mass is 127. The number of likely N-dealkylation sites (N-methyl/N-ethyl adjacent to an activating group) is 1. The van der Waals surface area contributed by atoms with E-state index in [0.29, 0.717) is 31.8 Å². The van der Waals surface area contributed by atoms with E-state index in [2.05, 4.69) is 46.0 Å². The summed E-state index contributed by atoms with van der Waals surface area (Å²) in [4.78, 5) is 19.4. The van der Waals surface area contributed by atoms with Gasteiger partial charge in [-0.05, 0) is 35.4 Å². The van der Waals surface area contributed by atoms with Crippen LogP contribution in [0.15, 0.2) is 46.8 Å². The molecular weight excluding hydrogens is 539 g/mol. The Bertz CT molecular complexity index is 822. The van der Waals surface area contributed by atoms with Crippen LogP contribution in [0.5, 0.6) is 0 Å². The van der Waals surface area contributed by atoms with Gasteiger partial charge in [0.15, 0.2) is 5.96 Å². The minimum atomic E-state index is -0.000458. The maximum atomic E-state index is 11.9. The van der Waals surface area contributed by atoms with Crippen molar-refractivity contribution in [1.82, 2.24) is 15.5 Å². The number of aliphatic imine (C=N–C) groups is 1. The first-order chi connectivity index (χ1) is 15.1. The first-order valence-corrected chi connectivity index (χ1v) is 11.5. The van der Waals surface area contributed by atoms with Crippen LogP contribution < -0.4 is 10.6 Å². The summed E-state index contributed by atoms with van der Waals surface area (Å²) in [5.74, 6) is 0.620. The van der Waals surface area contributed by atoms with E-state index >= 15 is 0 Å². The van der Waals surface area contributed by atoms with Crippen molar-refractivity contribution >= 4 is 47.2 Å². The smallest absolute Gasteiger partial charge is 0.241 e. The molecule has 1 saturated heterocycles. The van der Waals surface area contributed by atoms with Gasteiger partial charge in [0.1, 0.15) is 0 Å². The Kier molecular flexibility index (Phi) is 12.0. The number of carbonyl (C=O) groups excluding carboxylic acids is 1. The van der Waals surface area contributed by atoms with Crippen molar-refractivity contribution in [3.63, 3.8) is 0 Å². The highest BCUT2D eigenvalue weighted by molar-refractivity contribution is 14.0. The number of nitrogens with zero attached hydrogens (tertiary/aromatic N) is 2. The van der Waals surface area contributed by atoms with Gasteiger partial charge in [0.25, 0.3) is 0 Å². The number of nitrogens with one attached hydrogen (secondary N) is 2. The van der Waals surface area contributed by atoms with Crippen LogP contribution in [0.25, 0.3) is 0 Å². The Hall–Kier alpha value is -1.69. The van der Waals surface area contributed by atoms with Gasteiger partial charge >= 0.3 is 0 Å². The van der Waals surface area contributed by atoms with Crippen molar-refractivity contribution in [3.05, 3.63) is 57.8 Å². The SMILES string of the molecule is CN(C)C(=O)CNC(=NCc1ccc(COC2CCOCC2)cc1)NCc1cccs1.I. The summed E-state index contributed by atoms with van der Waals surface area (Å²) in [6.07, 6.45) is 2.24. The van der Waals surface area contributed by atoms with Crippen molar-refractivity contribution in [1.29, 1.82) is 0 Å². The third kappa shape index (κ3) is 9.43. The molecule has 0 aliphatic carbocycles. The summed E-state index contributed by atoms with van der Waals surface area (Å²) in [6.45, 7) is 3.60. The van der Waals surface area contributed by atoms with Gasteiger partial charge in [0.05, 0.1) is 32.3 Å². The third-order valence-electron chi connectivity index (χ3n) is 5.01. The fourth-order valence-electron chi connectivity index (χ4n) is 3.04. The Morgan fingerprint density at radius 1 is 1.16 bits per heavy atom. The van der Waals surface area contributed by atoms with E-state index in [0.717, 1.165) is 37.2 Å². The van der Waals surface area contributed by atoms with Gasteiger partial charge in [-0.3, -0.25) is 4.79 Å². The van der Waals surface area contributed by atoms with Gasteiger partial charge in [-0.1, -0.05) is 30.3 Å². The van der Waals surface area contributed by atoms with Crippen LogP contribution in [0.2, 0.25) is 0 Å². The van der Waals surface area contributed by atoms with Gasteiger partial charge in [-0.15, -0.1) is 35.3 Å². The number of carbonyl (C=O) groups is 1. The molecule has 176 valence electrons. The quantitative estimate of drug-likeness (QED) is 0.274. The lowest BCUT2D eigenvalue weighted by molar-refractivity contribution is -0.127. The average Bonchev–Trinajstić information content (AvgIpc) is 3.32. The lowest BCUT2D eigenvalue weighted by atomic mass is 10.1. The maximum Gasteiger partial charge on any atom is 0.241 e. The molecule has 2 aromatic rings. The summed E-state index contributed by atoms with van der Waals surface area (Å²) in [7, 11) is 3.49. The molecule has 9 heteroatoms.